The van der Waals surface area contributed by atoms with Gasteiger partial charge in [-0.25, -0.2) is 0 Å². The maximum Gasteiger partial charge on any atom is 0.0649 e. The number of para-hydroxylation sites is 1. The van der Waals surface area contributed by atoms with E-state index in [0.717, 1.165) is 63.7 Å². The van der Waals surface area contributed by atoms with Crippen LogP contribution in [0.5, 0.6) is 0 Å². The number of alkyl halides is 1. The van der Waals surface area contributed by atoms with E-state index in [9.17, 15) is 0 Å². The van der Waals surface area contributed by atoms with E-state index in [1.807, 2.05) is 26.0 Å². The van der Waals surface area contributed by atoms with Crippen molar-refractivity contribution in [1.82, 2.24) is 15.5 Å². The van der Waals surface area contributed by atoms with Crippen LogP contribution in [0.15, 0.2) is 71.8 Å². The van der Waals surface area contributed by atoms with Gasteiger partial charge in [0.05, 0.1) is 4.87 Å². The van der Waals surface area contributed by atoms with Crippen molar-refractivity contribution >= 4 is 28.9 Å². The van der Waals surface area contributed by atoms with E-state index in [1.54, 1.807) is 0 Å². The predicted molar refractivity (Wildman–Crippen MR) is 190 cm³/mol. The van der Waals surface area contributed by atoms with E-state index in [-0.39, 0.29) is 4.87 Å². The zero-order valence-corrected chi connectivity index (χ0v) is 29.3. The van der Waals surface area contributed by atoms with Crippen LogP contribution in [0.1, 0.15) is 79.2 Å². The third kappa shape index (κ3) is 16.3. The molecule has 1 aromatic rings. The molecule has 0 radical (unpaired) electrons. The highest BCUT2D eigenvalue weighted by molar-refractivity contribution is 6.34. The largest absolute Gasteiger partial charge is 0.369 e. The first-order valence-electron chi connectivity index (χ1n) is 15.9. The van der Waals surface area contributed by atoms with Crippen LogP contribution in [0.4, 0.5) is 5.69 Å². The first-order valence-corrected chi connectivity index (χ1v) is 16.7. The summed E-state index contributed by atoms with van der Waals surface area (Å²) in [7, 11) is 2.21. The van der Waals surface area contributed by atoms with Crippen molar-refractivity contribution in [1.29, 1.82) is 0 Å². The summed E-state index contributed by atoms with van der Waals surface area (Å²) in [6, 6.07) is 9.44. The van der Waals surface area contributed by atoms with Crippen LogP contribution in [0.2, 0.25) is 0 Å². The Kier molecular flexibility index (Phi) is 19.4. The monoisotopic (exact) mass is 618 g/mol. The van der Waals surface area contributed by atoms with Crippen molar-refractivity contribution in [3.63, 3.8) is 0 Å². The maximum atomic E-state index is 6.18. The molecular weight excluding hydrogens is 559 g/mol. The Labute approximate surface area is 269 Å². The minimum atomic E-state index is -0.308. The standard InChI is InChI=1S/C17H29N3.C12H16Cl2.C7H15N/c1-4-7-15(2)18-14-16-8-5-6-9-17(16)20-12-10-19(3)11-13-20;1-4-9(2)7-10-5-6-12(3,14)8-11(10)13;1-4-5-8-6-7(2)3/h5-6,8-9,15,18H,4,7,10-14H2,1-3H3;4-5,8-9H,1,6-7H2,2-3H3;8H,2,4-6H2,1,3H3. The van der Waals surface area contributed by atoms with Gasteiger partial charge in [0.15, 0.2) is 0 Å². The van der Waals surface area contributed by atoms with Crippen molar-refractivity contribution in [2.24, 2.45) is 5.92 Å². The molecule has 0 aromatic heterocycles. The second kappa shape index (κ2) is 21.2. The quantitative estimate of drug-likeness (QED) is 0.131. The van der Waals surface area contributed by atoms with Gasteiger partial charge < -0.3 is 20.4 Å². The molecule has 1 aliphatic carbocycles. The lowest BCUT2D eigenvalue weighted by Crippen LogP contribution is -2.45. The summed E-state index contributed by atoms with van der Waals surface area (Å²) >= 11 is 12.3. The molecule has 4 nitrogen and oxygen atoms in total. The van der Waals surface area contributed by atoms with Gasteiger partial charge in [-0.05, 0) is 89.2 Å². The molecule has 0 bridgehead atoms. The van der Waals surface area contributed by atoms with Gasteiger partial charge in [-0.3, -0.25) is 0 Å². The highest BCUT2D eigenvalue weighted by Crippen LogP contribution is 2.35. The van der Waals surface area contributed by atoms with E-state index in [0.29, 0.717) is 12.0 Å². The Morgan fingerprint density at radius 3 is 2.36 bits per heavy atom. The molecule has 2 aliphatic rings. The Bertz CT molecular complexity index is 976. The predicted octanol–water partition coefficient (Wildman–Crippen LogP) is 8.93. The van der Waals surface area contributed by atoms with Gasteiger partial charge in [-0.2, -0.15) is 0 Å². The maximum absolute atomic E-state index is 6.18. The number of hydrogen-bond donors (Lipinski definition) is 2. The van der Waals surface area contributed by atoms with Crippen molar-refractivity contribution in [3.8, 4) is 0 Å². The van der Waals surface area contributed by atoms with E-state index in [1.165, 1.54) is 41.7 Å². The van der Waals surface area contributed by atoms with E-state index < -0.39 is 0 Å². The summed E-state index contributed by atoms with van der Waals surface area (Å²) in [6.45, 7) is 28.0. The van der Waals surface area contributed by atoms with Crippen molar-refractivity contribution in [2.45, 2.75) is 91.1 Å². The molecule has 0 saturated carbocycles. The molecule has 6 heteroatoms. The second-order valence-corrected chi connectivity index (χ2v) is 13.5. The fourth-order valence-electron chi connectivity index (χ4n) is 4.76. The molecule has 1 heterocycles. The van der Waals surface area contributed by atoms with Gasteiger partial charge in [0.2, 0.25) is 0 Å². The van der Waals surface area contributed by atoms with Gasteiger partial charge in [0.1, 0.15) is 0 Å². The van der Waals surface area contributed by atoms with Crippen LogP contribution in [0.3, 0.4) is 0 Å². The summed E-state index contributed by atoms with van der Waals surface area (Å²) in [4.78, 5) is 4.63. The van der Waals surface area contributed by atoms with Crippen molar-refractivity contribution in [2.75, 3.05) is 51.2 Å². The molecule has 3 unspecified atom stereocenters. The van der Waals surface area contributed by atoms with Crippen LogP contribution >= 0.6 is 23.2 Å². The number of rotatable bonds is 13. The van der Waals surface area contributed by atoms with Crippen molar-refractivity contribution < 1.29 is 0 Å². The minimum Gasteiger partial charge on any atom is -0.369 e. The molecular formula is C36H60Cl2N4. The van der Waals surface area contributed by atoms with Crippen LogP contribution < -0.4 is 15.5 Å². The van der Waals surface area contributed by atoms with Gasteiger partial charge >= 0.3 is 0 Å². The molecule has 1 aromatic carbocycles. The SMILES string of the molecule is C=C(C)CNCCC.C=CC(C)CC1=CCC(C)(Cl)C=C1Cl.CCCC(C)NCc1ccccc1N1CCN(C)CC1. The molecule has 1 aliphatic heterocycles. The summed E-state index contributed by atoms with van der Waals surface area (Å²) in [5.41, 5.74) is 5.24. The third-order valence-electron chi connectivity index (χ3n) is 7.48. The summed E-state index contributed by atoms with van der Waals surface area (Å²) in [6.07, 6.45) is 11.5. The van der Waals surface area contributed by atoms with Gasteiger partial charge in [-0.1, -0.05) is 81.3 Å². The van der Waals surface area contributed by atoms with E-state index in [4.69, 9.17) is 23.2 Å². The topological polar surface area (TPSA) is 30.5 Å². The number of allylic oxidation sites excluding steroid dienone is 5. The fourth-order valence-corrected chi connectivity index (χ4v) is 5.40. The lowest BCUT2D eigenvalue weighted by molar-refractivity contribution is 0.312. The summed E-state index contributed by atoms with van der Waals surface area (Å²) in [5.74, 6) is 0.461. The molecule has 2 N–H and O–H groups in total. The van der Waals surface area contributed by atoms with Crippen LogP contribution in [0.25, 0.3) is 0 Å². The first-order chi connectivity index (χ1) is 19.9. The van der Waals surface area contributed by atoms with Gasteiger partial charge in [-0.15, -0.1) is 18.2 Å². The second-order valence-electron chi connectivity index (χ2n) is 12.2. The zero-order chi connectivity index (χ0) is 31.5. The number of piperazine rings is 1. The number of nitrogens with zero attached hydrogens (tertiary/aromatic N) is 2. The highest BCUT2D eigenvalue weighted by Gasteiger charge is 2.23. The molecule has 238 valence electrons. The molecule has 1 saturated heterocycles. The lowest BCUT2D eigenvalue weighted by atomic mass is 9.92. The van der Waals surface area contributed by atoms with E-state index >= 15 is 0 Å². The van der Waals surface area contributed by atoms with Crippen molar-refractivity contribution in [3.05, 3.63) is 77.4 Å². The number of anilines is 1. The van der Waals surface area contributed by atoms with Crippen LogP contribution in [-0.4, -0.2) is 62.1 Å². The van der Waals surface area contributed by atoms with Crippen LogP contribution in [-0.2, 0) is 6.54 Å². The minimum absolute atomic E-state index is 0.308. The number of benzene rings is 1. The Morgan fingerprint density at radius 1 is 1.12 bits per heavy atom. The molecule has 42 heavy (non-hydrogen) atoms. The lowest BCUT2D eigenvalue weighted by Gasteiger charge is -2.35. The summed E-state index contributed by atoms with van der Waals surface area (Å²) in [5, 5.41) is 7.68. The molecule has 1 fully saturated rings. The molecule has 0 amide bonds. The average Bonchev–Trinajstić information content (AvgIpc) is 2.94. The van der Waals surface area contributed by atoms with Crippen LogP contribution in [0, 0.1) is 5.92 Å². The number of likely N-dealkylation sites (N-methyl/N-ethyl adjacent to an activating group) is 1. The third-order valence-corrected chi connectivity index (χ3v) is 8.09. The Balaban J connectivity index is 0.000000349. The first kappa shape index (κ1) is 38.5. The number of nitrogens with one attached hydrogen (secondary N) is 2. The number of halogens is 2. The highest BCUT2D eigenvalue weighted by atomic mass is 35.5. The summed E-state index contributed by atoms with van der Waals surface area (Å²) < 4.78 is 0. The smallest absolute Gasteiger partial charge is 0.0649 e. The Hall–Kier alpha value is -1.56. The fraction of sp³-hybridized carbons (Fsp3) is 0.611. The normalized spacial score (nSPS) is 20.2. The zero-order valence-electron chi connectivity index (χ0n) is 27.7. The molecule has 3 atom stereocenters. The van der Waals surface area contributed by atoms with Gasteiger partial charge in [0.25, 0.3) is 0 Å². The van der Waals surface area contributed by atoms with E-state index in [2.05, 4.69) is 98.7 Å². The molecule has 0 spiro atoms. The van der Waals surface area contributed by atoms with Gasteiger partial charge in [0, 0.05) is 56.0 Å². The average molecular weight is 620 g/mol. The Morgan fingerprint density at radius 2 is 1.79 bits per heavy atom. The number of hydrogen-bond acceptors (Lipinski definition) is 4. The molecule has 3 rings (SSSR count).